The lowest BCUT2D eigenvalue weighted by Crippen LogP contribution is -2.40. The summed E-state index contributed by atoms with van der Waals surface area (Å²) in [5, 5.41) is 3.38. The van der Waals surface area contributed by atoms with Crippen LogP contribution < -0.4 is 14.8 Å². The van der Waals surface area contributed by atoms with Crippen molar-refractivity contribution in [3.8, 4) is 11.5 Å². The number of likely N-dealkylation sites (tertiary alicyclic amines) is 1. The van der Waals surface area contributed by atoms with E-state index < -0.39 is 0 Å². The van der Waals surface area contributed by atoms with Gasteiger partial charge in [0, 0.05) is 12.6 Å². The maximum atomic E-state index is 12.6. The minimum absolute atomic E-state index is 0. The Morgan fingerprint density at radius 2 is 2.13 bits per heavy atom. The highest BCUT2D eigenvalue weighted by Crippen LogP contribution is 2.35. The molecule has 1 aromatic rings. The second kappa shape index (κ2) is 9.21. The predicted octanol–water partition coefficient (Wildman–Crippen LogP) is 2.99. The summed E-state index contributed by atoms with van der Waals surface area (Å²) in [4.78, 5) is 14.9. The molecule has 1 fully saturated rings. The molecule has 5 nitrogen and oxygen atoms in total. The van der Waals surface area contributed by atoms with Crippen LogP contribution in [0.3, 0.4) is 0 Å². The normalized spacial score (nSPS) is 17.5. The third kappa shape index (κ3) is 4.43. The fraction of sp³-hybridized carbons (Fsp3) is 0.562. The number of likely N-dealkylation sites (N-methyl/N-ethyl adjacent to an activating group) is 1. The molecule has 0 spiro atoms. The van der Waals surface area contributed by atoms with Crippen molar-refractivity contribution in [2.24, 2.45) is 0 Å². The largest absolute Gasteiger partial charge is 0.496 e. The first-order valence-corrected chi connectivity index (χ1v) is 7.92. The lowest BCUT2D eigenvalue weighted by molar-refractivity contribution is 0.0935. The second-order valence-electron chi connectivity index (χ2n) is 5.29. The zero-order valence-corrected chi connectivity index (χ0v) is 15.3. The summed E-state index contributed by atoms with van der Waals surface area (Å²) in [7, 11) is 3.02. The third-order valence-corrected chi connectivity index (χ3v) is 4.42. The predicted molar refractivity (Wildman–Crippen MR) is 94.4 cm³/mol. The number of nitrogens with one attached hydrogen (secondary N) is 1. The molecule has 0 unspecified atom stereocenters. The van der Waals surface area contributed by atoms with Gasteiger partial charge in [-0.1, -0.05) is 18.5 Å². The number of rotatable bonds is 6. The van der Waals surface area contributed by atoms with E-state index >= 15 is 0 Å². The fourth-order valence-corrected chi connectivity index (χ4v) is 3.20. The maximum Gasteiger partial charge on any atom is 0.258 e. The Bertz CT molecular complexity index is 540. The lowest BCUT2D eigenvalue weighted by Gasteiger charge is -2.23. The van der Waals surface area contributed by atoms with Crippen LogP contribution in [-0.4, -0.2) is 50.7 Å². The van der Waals surface area contributed by atoms with Crippen LogP contribution in [0.5, 0.6) is 11.5 Å². The molecule has 1 heterocycles. The minimum atomic E-state index is -0.223. The lowest BCUT2D eigenvalue weighted by atomic mass is 10.1. The van der Waals surface area contributed by atoms with Crippen LogP contribution in [0.25, 0.3) is 0 Å². The number of benzene rings is 1. The van der Waals surface area contributed by atoms with Gasteiger partial charge in [-0.15, -0.1) is 12.4 Å². The molecule has 1 saturated heterocycles. The number of hydrogen-bond donors (Lipinski definition) is 1. The Morgan fingerprint density at radius 3 is 2.74 bits per heavy atom. The molecule has 1 aliphatic heterocycles. The van der Waals surface area contributed by atoms with Crippen molar-refractivity contribution in [3.05, 3.63) is 22.7 Å². The molecule has 0 aliphatic carbocycles. The number of halogens is 2. The van der Waals surface area contributed by atoms with Crippen molar-refractivity contribution < 1.29 is 14.3 Å². The number of ether oxygens (including phenoxy) is 2. The van der Waals surface area contributed by atoms with Crippen LogP contribution in [0.15, 0.2) is 12.1 Å². The van der Waals surface area contributed by atoms with Crippen molar-refractivity contribution in [3.63, 3.8) is 0 Å². The van der Waals surface area contributed by atoms with Crippen LogP contribution in [0.4, 0.5) is 0 Å². The quantitative estimate of drug-likeness (QED) is 0.844. The van der Waals surface area contributed by atoms with Gasteiger partial charge < -0.3 is 14.8 Å². The molecule has 2 rings (SSSR count). The Balaban J connectivity index is 0.00000264. The van der Waals surface area contributed by atoms with Gasteiger partial charge in [0.25, 0.3) is 5.91 Å². The Kier molecular flexibility index (Phi) is 7.95. The van der Waals surface area contributed by atoms with Crippen LogP contribution in [0, 0.1) is 0 Å². The van der Waals surface area contributed by atoms with E-state index in [1.54, 1.807) is 12.1 Å². The summed E-state index contributed by atoms with van der Waals surface area (Å²) in [5.41, 5.74) is 0.346. The summed E-state index contributed by atoms with van der Waals surface area (Å²) in [6, 6.07) is 3.73. The van der Waals surface area contributed by atoms with Gasteiger partial charge in [-0.3, -0.25) is 9.69 Å². The van der Waals surface area contributed by atoms with E-state index in [-0.39, 0.29) is 18.3 Å². The molecule has 0 saturated carbocycles. The summed E-state index contributed by atoms with van der Waals surface area (Å²) in [6.45, 7) is 4.86. The topological polar surface area (TPSA) is 50.8 Å². The molecule has 23 heavy (non-hydrogen) atoms. The zero-order valence-electron chi connectivity index (χ0n) is 13.7. The van der Waals surface area contributed by atoms with Crippen molar-refractivity contribution >= 4 is 29.9 Å². The fourth-order valence-electron chi connectivity index (χ4n) is 2.97. The molecule has 7 heteroatoms. The van der Waals surface area contributed by atoms with E-state index in [2.05, 4.69) is 17.1 Å². The standard InChI is InChI=1S/C16H23ClN2O3.ClH/c1-4-19-9-5-6-11(19)10-18-16(20)14-13(21-2)8-7-12(17)15(14)22-3;/h7-8,11H,4-6,9-10H2,1-3H3,(H,18,20);1H/t11-;/m0./s1. The van der Waals surface area contributed by atoms with Crippen LogP contribution in [-0.2, 0) is 0 Å². The van der Waals surface area contributed by atoms with E-state index in [1.807, 2.05) is 0 Å². The van der Waals surface area contributed by atoms with Gasteiger partial charge in [0.15, 0.2) is 5.75 Å². The van der Waals surface area contributed by atoms with E-state index in [1.165, 1.54) is 20.6 Å². The molecule has 1 atom stereocenters. The molecule has 130 valence electrons. The Hall–Kier alpha value is -1.17. The first-order chi connectivity index (χ1) is 10.6. The monoisotopic (exact) mass is 362 g/mol. The van der Waals surface area contributed by atoms with Gasteiger partial charge >= 0.3 is 0 Å². The number of nitrogens with zero attached hydrogens (tertiary/aromatic N) is 1. The Morgan fingerprint density at radius 1 is 1.39 bits per heavy atom. The summed E-state index contributed by atoms with van der Waals surface area (Å²) in [6.07, 6.45) is 2.29. The highest BCUT2D eigenvalue weighted by atomic mass is 35.5. The summed E-state index contributed by atoms with van der Waals surface area (Å²) >= 11 is 6.11. The SMILES string of the molecule is CCN1CCC[C@H]1CNC(=O)c1c(OC)ccc(Cl)c1OC.Cl. The summed E-state index contributed by atoms with van der Waals surface area (Å²) in [5.74, 6) is 0.578. The average Bonchev–Trinajstić information content (AvgIpc) is 2.99. The molecule has 0 bridgehead atoms. The number of carbonyl (C=O) groups is 1. The number of methoxy groups -OCH3 is 2. The number of carbonyl (C=O) groups excluding carboxylic acids is 1. The average molecular weight is 363 g/mol. The van der Waals surface area contributed by atoms with E-state index in [0.29, 0.717) is 34.7 Å². The molecule has 1 aliphatic rings. The van der Waals surface area contributed by atoms with E-state index in [4.69, 9.17) is 21.1 Å². The number of amides is 1. The molecule has 1 N–H and O–H groups in total. The van der Waals surface area contributed by atoms with E-state index in [9.17, 15) is 4.79 Å². The molecule has 1 aromatic carbocycles. The van der Waals surface area contributed by atoms with Gasteiger partial charge in [0.05, 0.1) is 19.2 Å². The van der Waals surface area contributed by atoms with Crippen molar-refractivity contribution in [1.29, 1.82) is 0 Å². The molecular weight excluding hydrogens is 339 g/mol. The smallest absolute Gasteiger partial charge is 0.258 e. The van der Waals surface area contributed by atoms with Gasteiger partial charge in [-0.25, -0.2) is 0 Å². The molecule has 0 aromatic heterocycles. The van der Waals surface area contributed by atoms with Crippen molar-refractivity contribution in [2.75, 3.05) is 33.9 Å². The highest BCUT2D eigenvalue weighted by molar-refractivity contribution is 6.32. The molecule has 0 radical (unpaired) electrons. The zero-order chi connectivity index (χ0) is 16.1. The first kappa shape index (κ1) is 19.9. The maximum absolute atomic E-state index is 12.6. The van der Waals surface area contributed by atoms with E-state index in [0.717, 1.165) is 19.5 Å². The van der Waals surface area contributed by atoms with Gasteiger partial charge in [-0.05, 0) is 38.1 Å². The molecule has 1 amide bonds. The van der Waals surface area contributed by atoms with Crippen molar-refractivity contribution in [2.45, 2.75) is 25.8 Å². The highest BCUT2D eigenvalue weighted by Gasteiger charge is 2.25. The first-order valence-electron chi connectivity index (χ1n) is 7.55. The van der Waals surface area contributed by atoms with Crippen LogP contribution in [0.2, 0.25) is 5.02 Å². The second-order valence-corrected chi connectivity index (χ2v) is 5.70. The van der Waals surface area contributed by atoms with Crippen molar-refractivity contribution in [1.82, 2.24) is 10.2 Å². The summed E-state index contributed by atoms with van der Waals surface area (Å²) < 4.78 is 10.5. The van der Waals surface area contributed by atoms with Crippen LogP contribution in [0.1, 0.15) is 30.1 Å². The van der Waals surface area contributed by atoms with Gasteiger partial charge in [0.1, 0.15) is 11.3 Å². The van der Waals surface area contributed by atoms with Gasteiger partial charge in [-0.2, -0.15) is 0 Å². The van der Waals surface area contributed by atoms with Gasteiger partial charge in [0.2, 0.25) is 0 Å². The third-order valence-electron chi connectivity index (χ3n) is 4.13. The Labute approximate surface area is 148 Å². The number of hydrogen-bond acceptors (Lipinski definition) is 4. The van der Waals surface area contributed by atoms with Crippen LogP contribution >= 0.6 is 24.0 Å². The minimum Gasteiger partial charge on any atom is -0.496 e. The molecular formula is C16H24Cl2N2O3.